The average molecular weight is 444 g/mol. The highest BCUT2D eigenvalue weighted by Gasteiger charge is 2.32. The first-order valence-electron chi connectivity index (χ1n) is 9.83. The highest BCUT2D eigenvalue weighted by atomic mass is 35.5. The molecule has 2 N–H and O–H groups in total. The van der Waals surface area contributed by atoms with Crippen LogP contribution >= 0.6 is 11.6 Å². The lowest BCUT2D eigenvalue weighted by Crippen LogP contribution is -2.40. The Bertz CT molecular complexity index is 1000. The Morgan fingerprint density at radius 3 is 2.61 bits per heavy atom. The zero-order chi connectivity index (χ0) is 22.4. The van der Waals surface area contributed by atoms with E-state index in [1.807, 2.05) is 0 Å². The van der Waals surface area contributed by atoms with E-state index < -0.39 is 11.7 Å². The molecule has 0 spiro atoms. The van der Waals surface area contributed by atoms with E-state index in [4.69, 9.17) is 11.6 Å². The van der Waals surface area contributed by atoms with Crippen molar-refractivity contribution in [3.05, 3.63) is 76.6 Å². The molecular weight excluding hydrogens is 421 g/mol. The Hall–Kier alpha value is -3.03. The standard InChI is InChI=1S/C23H23ClFN3O3/c1-28(20-4-2-3-19(25)12-20)27-21(15-7-9-18(24)10-8-15)11-17(13-29)23(31)26-22(14-30)16-5-6-16/h2-4,7-13,16,22,30H,5-6,14H2,1H3,(H,26,31)/b17-11+,27-21+. The summed E-state index contributed by atoms with van der Waals surface area (Å²) in [5, 5.41) is 18.7. The third-order valence-corrected chi connectivity index (χ3v) is 5.22. The SMILES string of the molecule is CN(/N=C(\C=C(/C=O)C(=O)NC(CO)C1CC1)c1ccc(Cl)cc1)c1cccc(F)c1. The van der Waals surface area contributed by atoms with Gasteiger partial charge in [0.05, 0.1) is 29.6 Å². The number of aliphatic hydroxyl groups is 1. The second-order valence-corrected chi connectivity index (χ2v) is 7.75. The van der Waals surface area contributed by atoms with Gasteiger partial charge in [-0.3, -0.25) is 14.6 Å². The third-order valence-electron chi connectivity index (χ3n) is 4.97. The summed E-state index contributed by atoms with van der Waals surface area (Å²) in [5.41, 5.74) is 1.28. The van der Waals surface area contributed by atoms with Gasteiger partial charge in [0.1, 0.15) is 5.82 Å². The predicted octanol–water partition coefficient (Wildman–Crippen LogP) is 3.33. The molecular formula is C23H23ClFN3O3. The quantitative estimate of drug-likeness (QED) is 0.155. The number of aldehydes is 1. The molecule has 1 amide bonds. The van der Waals surface area contributed by atoms with Crippen LogP contribution < -0.4 is 10.3 Å². The van der Waals surface area contributed by atoms with Gasteiger partial charge in [-0.25, -0.2) is 4.39 Å². The van der Waals surface area contributed by atoms with Crippen molar-refractivity contribution in [3.63, 3.8) is 0 Å². The molecule has 2 aromatic rings. The Morgan fingerprint density at radius 1 is 1.32 bits per heavy atom. The van der Waals surface area contributed by atoms with Gasteiger partial charge in [0.2, 0.25) is 0 Å². The first kappa shape index (κ1) is 22.7. The topological polar surface area (TPSA) is 82.0 Å². The lowest BCUT2D eigenvalue weighted by Gasteiger charge is -2.17. The molecule has 1 saturated carbocycles. The summed E-state index contributed by atoms with van der Waals surface area (Å²) in [6.45, 7) is -0.191. The molecule has 3 rings (SSSR count). The van der Waals surface area contributed by atoms with Crippen LogP contribution in [0.1, 0.15) is 18.4 Å². The molecule has 31 heavy (non-hydrogen) atoms. The highest BCUT2D eigenvalue weighted by molar-refractivity contribution is 6.30. The number of nitrogens with one attached hydrogen (secondary N) is 1. The number of allylic oxidation sites excluding steroid dienone is 1. The number of aliphatic hydroxyl groups excluding tert-OH is 1. The van der Waals surface area contributed by atoms with Gasteiger partial charge in [-0.15, -0.1) is 0 Å². The molecule has 0 heterocycles. The molecule has 0 aromatic heterocycles. The monoisotopic (exact) mass is 443 g/mol. The Kier molecular flexibility index (Phi) is 7.55. The summed E-state index contributed by atoms with van der Waals surface area (Å²) >= 11 is 5.98. The van der Waals surface area contributed by atoms with E-state index in [9.17, 15) is 19.1 Å². The van der Waals surface area contributed by atoms with Crippen LogP contribution in [0.4, 0.5) is 10.1 Å². The van der Waals surface area contributed by atoms with E-state index in [0.717, 1.165) is 12.8 Å². The number of hydrogen-bond acceptors (Lipinski definition) is 5. The lowest BCUT2D eigenvalue weighted by atomic mass is 10.1. The number of nitrogens with zero attached hydrogens (tertiary/aromatic N) is 2. The van der Waals surface area contributed by atoms with Crippen molar-refractivity contribution in [1.29, 1.82) is 0 Å². The van der Waals surface area contributed by atoms with E-state index in [-0.39, 0.29) is 24.1 Å². The Balaban J connectivity index is 1.95. The van der Waals surface area contributed by atoms with Gasteiger partial charge in [0, 0.05) is 17.6 Å². The van der Waals surface area contributed by atoms with Gasteiger partial charge in [0.25, 0.3) is 5.91 Å². The largest absolute Gasteiger partial charge is 0.394 e. The maximum absolute atomic E-state index is 13.6. The van der Waals surface area contributed by atoms with Crippen LogP contribution in [0.2, 0.25) is 5.02 Å². The smallest absolute Gasteiger partial charge is 0.254 e. The molecule has 2 aromatic carbocycles. The number of halogens is 2. The van der Waals surface area contributed by atoms with Crippen LogP contribution in [0.25, 0.3) is 0 Å². The molecule has 1 aliphatic carbocycles. The molecule has 0 saturated heterocycles. The van der Waals surface area contributed by atoms with Crippen molar-refractivity contribution < 1.29 is 19.1 Å². The van der Waals surface area contributed by atoms with E-state index >= 15 is 0 Å². The Labute approximate surface area is 185 Å². The van der Waals surface area contributed by atoms with Crippen molar-refractivity contribution in [3.8, 4) is 0 Å². The normalized spacial score (nSPS) is 15.4. The number of amides is 1. The van der Waals surface area contributed by atoms with Gasteiger partial charge in [-0.2, -0.15) is 5.10 Å². The minimum Gasteiger partial charge on any atom is -0.394 e. The zero-order valence-electron chi connectivity index (χ0n) is 17.0. The van der Waals surface area contributed by atoms with E-state index in [1.54, 1.807) is 43.4 Å². The van der Waals surface area contributed by atoms with Crippen molar-refractivity contribution in [2.24, 2.45) is 11.0 Å². The van der Waals surface area contributed by atoms with Crippen LogP contribution in [0.15, 0.2) is 65.3 Å². The molecule has 0 radical (unpaired) electrons. The molecule has 1 unspecified atom stereocenters. The fourth-order valence-electron chi connectivity index (χ4n) is 3.05. The van der Waals surface area contributed by atoms with Crippen molar-refractivity contribution in [1.82, 2.24) is 5.32 Å². The fraction of sp³-hybridized carbons (Fsp3) is 0.261. The molecule has 1 atom stereocenters. The summed E-state index contributed by atoms with van der Waals surface area (Å²) in [4.78, 5) is 24.3. The summed E-state index contributed by atoms with van der Waals surface area (Å²) in [6, 6.07) is 12.2. The minimum atomic E-state index is -0.587. The number of carbonyl (C=O) groups excluding carboxylic acids is 2. The van der Waals surface area contributed by atoms with Gasteiger partial charge in [-0.05, 0) is 55.2 Å². The molecule has 8 heteroatoms. The van der Waals surface area contributed by atoms with Gasteiger partial charge in [0.15, 0.2) is 6.29 Å². The van der Waals surface area contributed by atoms with Crippen LogP contribution in [0.5, 0.6) is 0 Å². The van der Waals surface area contributed by atoms with Crippen molar-refractivity contribution in [2.45, 2.75) is 18.9 Å². The lowest BCUT2D eigenvalue weighted by molar-refractivity contribution is -0.120. The zero-order valence-corrected chi connectivity index (χ0v) is 17.7. The van der Waals surface area contributed by atoms with E-state index in [0.29, 0.717) is 28.3 Å². The summed E-state index contributed by atoms with van der Waals surface area (Å²) in [7, 11) is 1.63. The molecule has 0 bridgehead atoms. The Morgan fingerprint density at radius 2 is 2.03 bits per heavy atom. The number of benzene rings is 2. The third kappa shape index (κ3) is 6.23. The number of hydrazone groups is 1. The van der Waals surface area contributed by atoms with Crippen LogP contribution in [0, 0.1) is 11.7 Å². The van der Waals surface area contributed by atoms with Crippen molar-refractivity contribution >= 4 is 35.2 Å². The summed E-state index contributed by atoms with van der Waals surface area (Å²) in [5.74, 6) is -0.771. The average Bonchev–Trinajstić information content (AvgIpc) is 3.60. The number of anilines is 1. The second kappa shape index (κ2) is 10.3. The van der Waals surface area contributed by atoms with Crippen LogP contribution in [-0.4, -0.2) is 42.7 Å². The van der Waals surface area contributed by atoms with Crippen LogP contribution in [-0.2, 0) is 9.59 Å². The molecule has 1 fully saturated rings. The van der Waals surface area contributed by atoms with Crippen LogP contribution in [0.3, 0.4) is 0 Å². The molecule has 0 aliphatic heterocycles. The van der Waals surface area contributed by atoms with Gasteiger partial charge >= 0.3 is 0 Å². The fourth-order valence-corrected chi connectivity index (χ4v) is 3.18. The van der Waals surface area contributed by atoms with E-state index in [1.165, 1.54) is 23.2 Å². The predicted molar refractivity (Wildman–Crippen MR) is 119 cm³/mol. The highest BCUT2D eigenvalue weighted by Crippen LogP contribution is 2.32. The minimum absolute atomic E-state index is 0.138. The first-order chi connectivity index (χ1) is 14.9. The van der Waals surface area contributed by atoms with Gasteiger partial charge in [-0.1, -0.05) is 29.8 Å². The maximum atomic E-state index is 13.6. The van der Waals surface area contributed by atoms with E-state index in [2.05, 4.69) is 10.4 Å². The number of carbonyl (C=O) groups is 2. The molecule has 6 nitrogen and oxygen atoms in total. The summed E-state index contributed by atoms with van der Waals surface area (Å²) in [6.07, 6.45) is 3.68. The molecule has 162 valence electrons. The van der Waals surface area contributed by atoms with Gasteiger partial charge < -0.3 is 10.4 Å². The first-order valence-corrected chi connectivity index (χ1v) is 10.2. The molecule has 1 aliphatic rings. The maximum Gasteiger partial charge on any atom is 0.254 e. The number of hydrogen-bond donors (Lipinski definition) is 2. The summed E-state index contributed by atoms with van der Waals surface area (Å²) < 4.78 is 13.6. The number of rotatable bonds is 9. The van der Waals surface area contributed by atoms with Crippen molar-refractivity contribution in [2.75, 3.05) is 18.7 Å². The second-order valence-electron chi connectivity index (χ2n) is 7.31.